The lowest BCUT2D eigenvalue weighted by Gasteiger charge is -2.23. The number of carbonyl (C=O) groups is 1. The highest BCUT2D eigenvalue weighted by Gasteiger charge is 2.33. The third-order valence-corrected chi connectivity index (χ3v) is 5.45. The lowest BCUT2D eigenvalue weighted by atomic mass is 10.1. The van der Waals surface area contributed by atoms with E-state index in [1.54, 1.807) is 18.4 Å². The Labute approximate surface area is 148 Å². The molecule has 1 N–H and O–H groups in total. The zero-order valence-electron chi connectivity index (χ0n) is 13.7. The predicted molar refractivity (Wildman–Crippen MR) is 97.4 cm³/mol. The summed E-state index contributed by atoms with van der Waals surface area (Å²) in [6.07, 6.45) is 3.01. The number of fused-ring (bicyclic) bond motifs is 1. The molecule has 0 aliphatic carbocycles. The minimum Gasteiger partial charge on any atom is -0.497 e. The highest BCUT2D eigenvalue weighted by molar-refractivity contribution is 7.17. The monoisotopic (exact) mass is 355 g/mol. The zero-order chi connectivity index (χ0) is 17.4. The summed E-state index contributed by atoms with van der Waals surface area (Å²) in [5.74, 6) is 0.706. The topological polar surface area (TPSA) is 75.6 Å². The first-order valence-electron chi connectivity index (χ1n) is 8.05. The number of benzene rings is 1. The number of hydrogen-bond donors (Lipinski definition) is 1. The van der Waals surface area contributed by atoms with E-state index in [0.29, 0.717) is 18.8 Å². The Kier molecular flexibility index (Phi) is 4.01. The van der Waals surface area contributed by atoms with Crippen LogP contribution in [-0.4, -0.2) is 40.7 Å². The molecule has 0 unspecified atom stereocenters. The minimum atomic E-state index is -0.800. The van der Waals surface area contributed by atoms with Crippen molar-refractivity contribution in [3.8, 4) is 16.9 Å². The van der Waals surface area contributed by atoms with E-state index in [9.17, 15) is 9.90 Å². The van der Waals surface area contributed by atoms with Gasteiger partial charge in [-0.25, -0.2) is 14.8 Å². The Bertz CT molecular complexity index is 923. The third-order valence-electron chi connectivity index (χ3n) is 4.56. The first-order chi connectivity index (χ1) is 12.2. The van der Waals surface area contributed by atoms with Crippen molar-refractivity contribution in [2.24, 2.45) is 0 Å². The van der Waals surface area contributed by atoms with Crippen LogP contribution in [0.4, 0.5) is 5.82 Å². The largest absolute Gasteiger partial charge is 0.497 e. The van der Waals surface area contributed by atoms with Gasteiger partial charge in [-0.15, -0.1) is 11.3 Å². The smallest absolute Gasteiger partial charge is 0.326 e. The number of ether oxygens (including phenoxy) is 1. The molecule has 0 amide bonds. The summed E-state index contributed by atoms with van der Waals surface area (Å²) in [5.41, 5.74) is 2.06. The molecule has 0 bridgehead atoms. The second-order valence-corrected chi connectivity index (χ2v) is 6.80. The second kappa shape index (κ2) is 6.33. The van der Waals surface area contributed by atoms with Crippen LogP contribution in [0.15, 0.2) is 36.0 Å². The predicted octanol–water partition coefficient (Wildman–Crippen LogP) is 3.42. The molecule has 0 spiro atoms. The Balaban J connectivity index is 1.85. The maximum atomic E-state index is 11.6. The highest BCUT2D eigenvalue weighted by Crippen LogP contribution is 2.40. The van der Waals surface area contributed by atoms with Gasteiger partial charge in [0.05, 0.1) is 12.5 Å². The van der Waals surface area contributed by atoms with Gasteiger partial charge in [0.15, 0.2) is 0 Å². The number of aromatic nitrogens is 2. The Morgan fingerprint density at radius 3 is 2.84 bits per heavy atom. The lowest BCUT2D eigenvalue weighted by Crippen LogP contribution is -2.36. The van der Waals surface area contributed by atoms with Crippen LogP contribution in [0.1, 0.15) is 12.8 Å². The van der Waals surface area contributed by atoms with Crippen molar-refractivity contribution in [2.75, 3.05) is 18.6 Å². The van der Waals surface area contributed by atoms with Crippen LogP contribution in [0.3, 0.4) is 0 Å². The molecule has 1 aromatic carbocycles. The summed E-state index contributed by atoms with van der Waals surface area (Å²) in [6.45, 7) is 0.695. The molecule has 1 fully saturated rings. The number of anilines is 1. The van der Waals surface area contributed by atoms with Crippen molar-refractivity contribution in [1.29, 1.82) is 0 Å². The van der Waals surface area contributed by atoms with E-state index in [1.165, 1.54) is 6.33 Å². The molecular formula is C18H17N3O3S. The average Bonchev–Trinajstić information content (AvgIpc) is 3.28. The van der Waals surface area contributed by atoms with Gasteiger partial charge < -0.3 is 14.7 Å². The van der Waals surface area contributed by atoms with Crippen LogP contribution in [0, 0.1) is 0 Å². The summed E-state index contributed by atoms with van der Waals surface area (Å²) in [4.78, 5) is 23.2. The minimum absolute atomic E-state index is 0.526. The van der Waals surface area contributed by atoms with Gasteiger partial charge in [0.1, 0.15) is 28.8 Å². The molecule has 1 aliphatic rings. The van der Waals surface area contributed by atoms with E-state index in [-0.39, 0.29) is 0 Å². The number of carboxylic acid groups (broad SMARTS) is 1. The molecule has 2 aromatic heterocycles. The molecule has 1 atom stereocenters. The molecule has 7 heteroatoms. The van der Waals surface area contributed by atoms with Gasteiger partial charge in [0.2, 0.25) is 0 Å². The molecule has 25 heavy (non-hydrogen) atoms. The van der Waals surface area contributed by atoms with Gasteiger partial charge in [-0.3, -0.25) is 0 Å². The maximum absolute atomic E-state index is 11.6. The van der Waals surface area contributed by atoms with Crippen LogP contribution in [0.25, 0.3) is 21.3 Å². The fraction of sp³-hybridized carbons (Fsp3) is 0.278. The van der Waals surface area contributed by atoms with Gasteiger partial charge in [-0.05, 0) is 30.5 Å². The van der Waals surface area contributed by atoms with E-state index in [0.717, 1.165) is 33.5 Å². The molecule has 0 saturated carbocycles. The summed E-state index contributed by atoms with van der Waals surface area (Å²) in [6, 6.07) is 7.30. The Hall–Kier alpha value is -2.67. The van der Waals surface area contributed by atoms with Gasteiger partial charge in [0.25, 0.3) is 0 Å². The summed E-state index contributed by atoms with van der Waals surface area (Å²) < 4.78 is 5.22. The zero-order valence-corrected chi connectivity index (χ0v) is 14.5. The van der Waals surface area contributed by atoms with Gasteiger partial charge in [-0.1, -0.05) is 12.1 Å². The van der Waals surface area contributed by atoms with Crippen LogP contribution >= 0.6 is 11.3 Å². The van der Waals surface area contributed by atoms with Crippen LogP contribution in [-0.2, 0) is 4.79 Å². The normalized spacial score (nSPS) is 17.2. The van der Waals surface area contributed by atoms with E-state index in [1.807, 2.05) is 29.2 Å². The second-order valence-electron chi connectivity index (χ2n) is 5.94. The molecule has 6 nitrogen and oxygen atoms in total. The van der Waals surface area contributed by atoms with E-state index >= 15 is 0 Å². The highest BCUT2D eigenvalue weighted by atomic mass is 32.1. The SMILES string of the molecule is COc1ccc(-c2csc3ncnc(N4CCC[C@H]4C(=O)O)c23)cc1. The molecule has 3 heterocycles. The molecule has 0 radical (unpaired) electrons. The molecule has 1 saturated heterocycles. The standard InChI is InChI=1S/C18H17N3O3S/c1-24-12-6-4-11(5-7-12)13-9-25-17-15(13)16(19-10-20-17)21-8-2-3-14(21)18(22)23/h4-7,9-10,14H,2-3,8H2,1H3,(H,22,23)/t14-/m0/s1. The molecular weight excluding hydrogens is 338 g/mol. The molecule has 3 aromatic rings. The van der Waals surface area contributed by atoms with Crippen molar-refractivity contribution in [1.82, 2.24) is 9.97 Å². The summed E-state index contributed by atoms with van der Waals surface area (Å²) in [5, 5.41) is 12.5. The molecule has 1 aliphatic heterocycles. The van der Waals surface area contributed by atoms with Crippen molar-refractivity contribution >= 4 is 33.3 Å². The fourth-order valence-electron chi connectivity index (χ4n) is 3.34. The number of carboxylic acids is 1. The number of hydrogen-bond acceptors (Lipinski definition) is 6. The quantitative estimate of drug-likeness (QED) is 0.773. The number of thiophene rings is 1. The van der Waals surface area contributed by atoms with Crippen molar-refractivity contribution in [2.45, 2.75) is 18.9 Å². The molecule has 4 rings (SSSR count). The van der Waals surface area contributed by atoms with Crippen LogP contribution in [0.5, 0.6) is 5.75 Å². The van der Waals surface area contributed by atoms with Crippen molar-refractivity contribution < 1.29 is 14.6 Å². The number of nitrogens with zero attached hydrogens (tertiary/aromatic N) is 3. The van der Waals surface area contributed by atoms with Gasteiger partial charge >= 0.3 is 5.97 Å². The number of rotatable bonds is 4. The first-order valence-corrected chi connectivity index (χ1v) is 8.93. The Morgan fingerprint density at radius 2 is 2.12 bits per heavy atom. The van der Waals surface area contributed by atoms with E-state index in [4.69, 9.17) is 4.74 Å². The lowest BCUT2D eigenvalue weighted by molar-refractivity contribution is -0.138. The number of aliphatic carboxylic acids is 1. The first kappa shape index (κ1) is 15.8. The summed E-state index contributed by atoms with van der Waals surface area (Å²) >= 11 is 1.54. The fourth-order valence-corrected chi connectivity index (χ4v) is 4.25. The van der Waals surface area contributed by atoms with Crippen molar-refractivity contribution in [3.63, 3.8) is 0 Å². The van der Waals surface area contributed by atoms with Gasteiger partial charge in [0, 0.05) is 17.5 Å². The third kappa shape index (κ3) is 2.70. The van der Waals surface area contributed by atoms with Crippen LogP contribution in [0.2, 0.25) is 0 Å². The maximum Gasteiger partial charge on any atom is 0.326 e. The van der Waals surface area contributed by atoms with Crippen molar-refractivity contribution in [3.05, 3.63) is 36.0 Å². The van der Waals surface area contributed by atoms with E-state index in [2.05, 4.69) is 15.3 Å². The van der Waals surface area contributed by atoms with Gasteiger partial charge in [-0.2, -0.15) is 0 Å². The average molecular weight is 355 g/mol. The summed E-state index contributed by atoms with van der Waals surface area (Å²) in [7, 11) is 1.64. The van der Waals surface area contributed by atoms with Crippen LogP contribution < -0.4 is 9.64 Å². The number of methoxy groups -OCH3 is 1. The Morgan fingerprint density at radius 1 is 1.32 bits per heavy atom. The van der Waals surface area contributed by atoms with E-state index < -0.39 is 12.0 Å². The molecule has 128 valence electrons.